The van der Waals surface area contributed by atoms with Gasteiger partial charge in [0.1, 0.15) is 5.75 Å². The minimum Gasteiger partial charge on any atom is -0.497 e. The number of ether oxygens (including phenoxy) is 1. The van der Waals surface area contributed by atoms with E-state index in [2.05, 4.69) is 5.32 Å². The lowest BCUT2D eigenvalue weighted by Crippen LogP contribution is -2.35. The molecule has 7 heteroatoms. The fourth-order valence-corrected chi connectivity index (χ4v) is 3.72. The minimum absolute atomic E-state index is 0.101. The average Bonchev–Trinajstić information content (AvgIpc) is 2.63. The van der Waals surface area contributed by atoms with Crippen molar-refractivity contribution in [2.45, 2.75) is 19.8 Å². The van der Waals surface area contributed by atoms with Crippen molar-refractivity contribution < 1.29 is 17.9 Å². The van der Waals surface area contributed by atoms with Gasteiger partial charge >= 0.3 is 0 Å². The molecule has 0 saturated carbocycles. The highest BCUT2D eigenvalue weighted by Crippen LogP contribution is 2.22. The number of para-hydroxylation sites is 1. The Balaban J connectivity index is 1.87. The molecule has 0 fully saturated rings. The molecule has 0 bridgehead atoms. The van der Waals surface area contributed by atoms with E-state index in [1.165, 1.54) is 4.31 Å². The maximum atomic E-state index is 12.1. The topological polar surface area (TPSA) is 75.7 Å². The van der Waals surface area contributed by atoms with E-state index in [0.29, 0.717) is 18.7 Å². The molecule has 27 heavy (non-hydrogen) atoms. The number of carbonyl (C=O) groups excluding carboxylic acids is 1. The van der Waals surface area contributed by atoms with Crippen LogP contribution in [0, 0.1) is 6.92 Å². The monoisotopic (exact) mass is 390 g/mol. The van der Waals surface area contributed by atoms with Crippen molar-refractivity contribution in [2.75, 3.05) is 30.8 Å². The van der Waals surface area contributed by atoms with Crippen LogP contribution < -0.4 is 14.4 Å². The maximum Gasteiger partial charge on any atom is 0.232 e. The van der Waals surface area contributed by atoms with Gasteiger partial charge in [0.2, 0.25) is 15.9 Å². The summed E-state index contributed by atoms with van der Waals surface area (Å²) in [5.74, 6) is 0.616. The van der Waals surface area contributed by atoms with Gasteiger partial charge < -0.3 is 10.1 Å². The number of nitrogens with zero attached hydrogens (tertiary/aromatic N) is 1. The highest BCUT2D eigenvalue weighted by Gasteiger charge is 2.19. The molecule has 1 amide bonds. The number of aryl methyl sites for hydroxylation is 1. The Morgan fingerprint density at radius 2 is 1.78 bits per heavy atom. The number of amides is 1. The number of methoxy groups -OCH3 is 1. The summed E-state index contributed by atoms with van der Waals surface area (Å²) in [7, 11) is -1.85. The predicted octanol–water partition coefficient (Wildman–Crippen LogP) is 2.52. The van der Waals surface area contributed by atoms with E-state index in [9.17, 15) is 13.2 Å². The number of hydrogen-bond donors (Lipinski definition) is 1. The first-order chi connectivity index (χ1) is 12.8. The van der Waals surface area contributed by atoms with E-state index in [-0.39, 0.29) is 18.9 Å². The molecule has 0 aliphatic rings. The van der Waals surface area contributed by atoms with Crippen molar-refractivity contribution in [3.8, 4) is 5.75 Å². The molecule has 2 rings (SSSR count). The lowest BCUT2D eigenvalue weighted by molar-refractivity contribution is -0.120. The summed E-state index contributed by atoms with van der Waals surface area (Å²) in [4.78, 5) is 12.1. The molecule has 1 N–H and O–H groups in total. The van der Waals surface area contributed by atoms with Crippen LogP contribution in [0.2, 0.25) is 0 Å². The average molecular weight is 391 g/mol. The molecule has 2 aromatic rings. The summed E-state index contributed by atoms with van der Waals surface area (Å²) in [6.45, 7) is 2.45. The van der Waals surface area contributed by atoms with Gasteiger partial charge in [-0.3, -0.25) is 9.10 Å². The summed E-state index contributed by atoms with van der Waals surface area (Å²) in [6.07, 6.45) is 1.95. The molecule has 0 aliphatic carbocycles. The van der Waals surface area contributed by atoms with Crippen LogP contribution in [0.4, 0.5) is 5.69 Å². The Morgan fingerprint density at radius 1 is 1.11 bits per heavy atom. The van der Waals surface area contributed by atoms with E-state index in [0.717, 1.165) is 23.1 Å². The second-order valence-corrected chi connectivity index (χ2v) is 8.23. The SMILES string of the molecule is COc1ccc(CCNC(=O)CCN(c2ccccc2C)S(C)(=O)=O)cc1. The van der Waals surface area contributed by atoms with E-state index in [1.54, 1.807) is 19.2 Å². The van der Waals surface area contributed by atoms with Gasteiger partial charge in [0, 0.05) is 19.5 Å². The molecule has 0 aliphatic heterocycles. The number of sulfonamides is 1. The van der Waals surface area contributed by atoms with Crippen LogP contribution in [-0.4, -0.2) is 40.8 Å². The summed E-state index contributed by atoms with van der Waals surface area (Å²) in [6, 6.07) is 14.9. The van der Waals surface area contributed by atoms with Gasteiger partial charge in [-0.2, -0.15) is 0 Å². The summed E-state index contributed by atoms with van der Waals surface area (Å²) in [5, 5.41) is 2.84. The van der Waals surface area contributed by atoms with Gasteiger partial charge in [0.05, 0.1) is 19.1 Å². The van der Waals surface area contributed by atoms with Crippen LogP contribution in [-0.2, 0) is 21.2 Å². The van der Waals surface area contributed by atoms with Crippen molar-refractivity contribution >= 4 is 21.6 Å². The Kier molecular flexibility index (Phi) is 7.24. The predicted molar refractivity (Wildman–Crippen MR) is 108 cm³/mol. The van der Waals surface area contributed by atoms with Crippen molar-refractivity contribution in [1.29, 1.82) is 0 Å². The number of hydrogen-bond acceptors (Lipinski definition) is 4. The molecular weight excluding hydrogens is 364 g/mol. The smallest absolute Gasteiger partial charge is 0.232 e. The Bertz CT molecular complexity index is 864. The van der Waals surface area contributed by atoms with Gasteiger partial charge in [-0.1, -0.05) is 30.3 Å². The molecule has 2 aromatic carbocycles. The van der Waals surface area contributed by atoms with Crippen LogP contribution in [0.1, 0.15) is 17.5 Å². The molecule has 0 spiro atoms. The number of nitrogens with one attached hydrogen (secondary N) is 1. The van der Waals surface area contributed by atoms with Crippen molar-refractivity contribution in [3.05, 3.63) is 59.7 Å². The quantitative estimate of drug-likeness (QED) is 0.714. The fraction of sp³-hybridized carbons (Fsp3) is 0.350. The van der Waals surface area contributed by atoms with Crippen LogP contribution in [0.15, 0.2) is 48.5 Å². The molecule has 0 unspecified atom stereocenters. The van der Waals surface area contributed by atoms with Crippen molar-refractivity contribution in [3.63, 3.8) is 0 Å². The van der Waals surface area contributed by atoms with E-state index in [4.69, 9.17) is 4.74 Å². The van der Waals surface area contributed by atoms with Gasteiger partial charge in [-0.05, 0) is 42.7 Å². The summed E-state index contributed by atoms with van der Waals surface area (Å²) < 4.78 is 30.7. The Hall–Kier alpha value is -2.54. The van der Waals surface area contributed by atoms with E-state index >= 15 is 0 Å². The van der Waals surface area contributed by atoms with Crippen LogP contribution >= 0.6 is 0 Å². The van der Waals surface area contributed by atoms with Crippen LogP contribution in [0.5, 0.6) is 5.75 Å². The van der Waals surface area contributed by atoms with Gasteiger partial charge in [-0.15, -0.1) is 0 Å². The lowest BCUT2D eigenvalue weighted by atomic mass is 10.1. The van der Waals surface area contributed by atoms with Gasteiger partial charge in [0.15, 0.2) is 0 Å². The van der Waals surface area contributed by atoms with Gasteiger partial charge in [-0.25, -0.2) is 8.42 Å². The largest absolute Gasteiger partial charge is 0.497 e. The fourth-order valence-electron chi connectivity index (χ4n) is 2.74. The lowest BCUT2D eigenvalue weighted by Gasteiger charge is -2.23. The molecule has 146 valence electrons. The zero-order chi connectivity index (χ0) is 19.9. The van der Waals surface area contributed by atoms with E-state index < -0.39 is 10.0 Å². The molecule has 0 radical (unpaired) electrons. The first-order valence-electron chi connectivity index (χ1n) is 8.74. The molecule has 0 aromatic heterocycles. The third-order valence-electron chi connectivity index (χ3n) is 4.22. The molecule has 6 nitrogen and oxygen atoms in total. The van der Waals surface area contributed by atoms with Crippen LogP contribution in [0.25, 0.3) is 0 Å². The first kappa shape index (κ1) is 20.8. The molecule has 0 saturated heterocycles. The molecule has 0 heterocycles. The standard InChI is InChI=1S/C20H26N2O4S/c1-16-6-4-5-7-19(16)22(27(3,24)25)15-13-20(23)21-14-12-17-8-10-18(26-2)11-9-17/h4-11H,12-15H2,1-3H3,(H,21,23). The van der Waals surface area contributed by atoms with E-state index in [1.807, 2.05) is 43.3 Å². The Labute approximate surface area is 161 Å². The van der Waals surface area contributed by atoms with Crippen molar-refractivity contribution in [2.24, 2.45) is 0 Å². The second-order valence-electron chi connectivity index (χ2n) is 6.32. The third-order valence-corrected chi connectivity index (χ3v) is 5.40. The van der Waals surface area contributed by atoms with Crippen molar-refractivity contribution in [1.82, 2.24) is 5.32 Å². The number of benzene rings is 2. The summed E-state index contributed by atoms with van der Waals surface area (Å²) >= 11 is 0. The minimum atomic E-state index is -3.46. The third kappa shape index (κ3) is 6.29. The number of carbonyl (C=O) groups is 1. The van der Waals surface area contributed by atoms with Gasteiger partial charge in [0.25, 0.3) is 0 Å². The molecular formula is C20H26N2O4S. The highest BCUT2D eigenvalue weighted by atomic mass is 32.2. The summed E-state index contributed by atoms with van der Waals surface area (Å²) in [5.41, 5.74) is 2.54. The Morgan fingerprint density at radius 3 is 2.37 bits per heavy atom. The highest BCUT2D eigenvalue weighted by molar-refractivity contribution is 7.92. The maximum absolute atomic E-state index is 12.1. The first-order valence-corrected chi connectivity index (χ1v) is 10.6. The number of anilines is 1. The number of rotatable bonds is 9. The normalized spacial score (nSPS) is 11.1. The second kappa shape index (κ2) is 9.41. The zero-order valence-electron chi connectivity index (χ0n) is 15.9. The molecule has 0 atom stereocenters. The zero-order valence-corrected chi connectivity index (χ0v) is 16.8. The van der Waals surface area contributed by atoms with Crippen LogP contribution in [0.3, 0.4) is 0 Å².